The fourth-order valence-electron chi connectivity index (χ4n) is 3.16. The Morgan fingerprint density at radius 3 is 2.81 bits per heavy atom. The number of para-hydroxylation sites is 2. The predicted octanol–water partition coefficient (Wildman–Crippen LogP) is 3.61. The van der Waals surface area contributed by atoms with Crippen LogP contribution in [0.3, 0.4) is 0 Å². The van der Waals surface area contributed by atoms with E-state index in [1.807, 2.05) is 24.3 Å². The van der Waals surface area contributed by atoms with Crippen molar-refractivity contribution in [2.45, 2.75) is 13.0 Å². The van der Waals surface area contributed by atoms with Crippen LogP contribution in [0.5, 0.6) is 5.75 Å². The van der Waals surface area contributed by atoms with Crippen molar-refractivity contribution in [2.75, 3.05) is 31.6 Å². The van der Waals surface area contributed by atoms with Gasteiger partial charge in [-0.2, -0.15) is 0 Å². The monoisotopic (exact) mass is 389 g/mol. The predicted molar refractivity (Wildman–Crippen MR) is 104 cm³/mol. The number of nitrogens with zero attached hydrogens (tertiary/aromatic N) is 3. The van der Waals surface area contributed by atoms with Crippen LogP contribution in [0.2, 0.25) is 5.02 Å². The van der Waals surface area contributed by atoms with Crippen molar-refractivity contribution in [3.63, 3.8) is 0 Å². The number of nitro groups is 1. The van der Waals surface area contributed by atoms with Gasteiger partial charge in [-0.15, -0.1) is 0 Å². The van der Waals surface area contributed by atoms with Gasteiger partial charge in [-0.05, 0) is 25.1 Å². The minimum absolute atomic E-state index is 0.108. The van der Waals surface area contributed by atoms with Crippen LogP contribution in [0.4, 0.5) is 11.4 Å². The summed E-state index contributed by atoms with van der Waals surface area (Å²) in [4.78, 5) is 26.9. The molecule has 0 N–H and O–H groups in total. The first-order valence-corrected chi connectivity index (χ1v) is 8.98. The molecule has 0 spiro atoms. The van der Waals surface area contributed by atoms with Gasteiger partial charge in [0.15, 0.2) is 0 Å². The lowest BCUT2D eigenvalue weighted by atomic mass is 10.1. The number of benzene rings is 2. The van der Waals surface area contributed by atoms with Crippen LogP contribution in [0.25, 0.3) is 0 Å². The molecule has 1 aliphatic rings. The smallest absolute Gasteiger partial charge is 0.270 e. The molecule has 2 aromatic carbocycles. The first kappa shape index (κ1) is 19.0. The topological polar surface area (TPSA) is 75.9 Å². The first-order chi connectivity index (χ1) is 12.9. The molecule has 0 aromatic heterocycles. The lowest BCUT2D eigenvalue weighted by molar-refractivity contribution is -0.384. The standard InChI is InChI=1S/C19H20ClN3O4/c1-3-22-12-14(27-18-7-5-4-6-17(18)22)11-21(2)19(24)15-10-13(23(25)26)8-9-16(15)20/h4-10,14H,3,11-12H2,1-2H3/t14-/m1/s1. The second kappa shape index (κ2) is 7.84. The van der Waals surface area contributed by atoms with E-state index in [1.54, 1.807) is 7.05 Å². The third kappa shape index (κ3) is 3.98. The molecule has 1 heterocycles. The fraction of sp³-hybridized carbons (Fsp3) is 0.316. The van der Waals surface area contributed by atoms with Crippen LogP contribution < -0.4 is 9.64 Å². The van der Waals surface area contributed by atoms with E-state index >= 15 is 0 Å². The van der Waals surface area contributed by atoms with Crippen molar-refractivity contribution in [3.05, 3.63) is 63.2 Å². The zero-order valence-electron chi connectivity index (χ0n) is 15.1. The largest absolute Gasteiger partial charge is 0.485 e. The third-order valence-electron chi connectivity index (χ3n) is 4.52. The molecule has 1 aliphatic heterocycles. The van der Waals surface area contributed by atoms with Crippen molar-refractivity contribution >= 4 is 28.9 Å². The molecule has 2 aromatic rings. The Kier molecular flexibility index (Phi) is 5.51. The Hall–Kier alpha value is -2.80. The van der Waals surface area contributed by atoms with Crippen LogP contribution in [0, 0.1) is 10.1 Å². The molecule has 0 saturated heterocycles. The van der Waals surface area contributed by atoms with Gasteiger partial charge in [0.05, 0.1) is 34.3 Å². The number of non-ortho nitro benzene ring substituents is 1. The second-order valence-electron chi connectivity index (χ2n) is 6.35. The van der Waals surface area contributed by atoms with Gasteiger partial charge in [0.25, 0.3) is 11.6 Å². The molecule has 0 saturated carbocycles. The van der Waals surface area contributed by atoms with Crippen LogP contribution >= 0.6 is 11.6 Å². The van der Waals surface area contributed by atoms with Gasteiger partial charge in [-0.3, -0.25) is 14.9 Å². The molecule has 1 atom stereocenters. The maximum absolute atomic E-state index is 12.8. The molecular formula is C19H20ClN3O4. The number of ether oxygens (including phenoxy) is 1. The van der Waals surface area contributed by atoms with Crippen molar-refractivity contribution in [1.29, 1.82) is 0 Å². The summed E-state index contributed by atoms with van der Waals surface area (Å²) in [5, 5.41) is 11.2. The number of likely N-dealkylation sites (N-methyl/N-ethyl adjacent to an activating group) is 2. The van der Waals surface area contributed by atoms with Crippen LogP contribution in [-0.2, 0) is 0 Å². The van der Waals surface area contributed by atoms with Gasteiger partial charge in [-0.1, -0.05) is 23.7 Å². The Morgan fingerprint density at radius 2 is 2.11 bits per heavy atom. The average molecular weight is 390 g/mol. The number of fused-ring (bicyclic) bond motifs is 1. The highest BCUT2D eigenvalue weighted by molar-refractivity contribution is 6.33. The zero-order chi connectivity index (χ0) is 19.6. The lowest BCUT2D eigenvalue weighted by Crippen LogP contribution is -2.46. The van der Waals surface area contributed by atoms with E-state index in [9.17, 15) is 14.9 Å². The molecule has 27 heavy (non-hydrogen) atoms. The number of anilines is 1. The fourth-order valence-corrected chi connectivity index (χ4v) is 3.36. The maximum Gasteiger partial charge on any atom is 0.270 e. The molecule has 0 bridgehead atoms. The summed E-state index contributed by atoms with van der Waals surface area (Å²) >= 11 is 6.09. The van der Waals surface area contributed by atoms with Crippen molar-refractivity contribution < 1.29 is 14.5 Å². The van der Waals surface area contributed by atoms with E-state index in [1.165, 1.54) is 23.1 Å². The summed E-state index contributed by atoms with van der Waals surface area (Å²) in [7, 11) is 1.64. The first-order valence-electron chi connectivity index (χ1n) is 8.60. The molecule has 7 nitrogen and oxygen atoms in total. The van der Waals surface area contributed by atoms with E-state index in [0.717, 1.165) is 18.0 Å². The summed E-state index contributed by atoms with van der Waals surface area (Å²) < 4.78 is 6.04. The third-order valence-corrected chi connectivity index (χ3v) is 4.85. The summed E-state index contributed by atoms with van der Waals surface area (Å²) in [6.07, 6.45) is -0.216. The van der Waals surface area contributed by atoms with Crippen molar-refractivity contribution in [2.24, 2.45) is 0 Å². The molecule has 0 radical (unpaired) electrons. The number of hydrogen-bond acceptors (Lipinski definition) is 5. The van der Waals surface area contributed by atoms with Gasteiger partial charge >= 0.3 is 0 Å². The van der Waals surface area contributed by atoms with Crippen molar-refractivity contribution in [1.82, 2.24) is 4.90 Å². The number of nitro benzene ring substituents is 1. The molecule has 142 valence electrons. The number of halogens is 1. The van der Waals surface area contributed by atoms with Gasteiger partial charge < -0.3 is 14.5 Å². The second-order valence-corrected chi connectivity index (χ2v) is 6.76. The highest BCUT2D eigenvalue weighted by Gasteiger charge is 2.28. The van der Waals surface area contributed by atoms with Crippen molar-refractivity contribution in [3.8, 4) is 5.75 Å². The van der Waals surface area contributed by atoms with Crippen LogP contribution in [0.15, 0.2) is 42.5 Å². The van der Waals surface area contributed by atoms with Gasteiger partial charge in [0, 0.05) is 25.7 Å². The van der Waals surface area contributed by atoms with Gasteiger partial charge in [0.2, 0.25) is 0 Å². The summed E-state index contributed by atoms with van der Waals surface area (Å²) in [6, 6.07) is 11.6. The minimum atomic E-state index is -0.548. The van der Waals surface area contributed by atoms with E-state index in [2.05, 4.69) is 11.8 Å². The normalized spacial score (nSPS) is 15.7. The molecule has 0 unspecified atom stereocenters. The summed E-state index contributed by atoms with van der Waals surface area (Å²) in [6.45, 7) is 3.87. The number of carbonyl (C=O) groups is 1. The lowest BCUT2D eigenvalue weighted by Gasteiger charge is -2.37. The highest BCUT2D eigenvalue weighted by atomic mass is 35.5. The Bertz CT molecular complexity index is 874. The average Bonchev–Trinajstić information content (AvgIpc) is 2.66. The maximum atomic E-state index is 12.8. The van der Waals surface area contributed by atoms with E-state index in [4.69, 9.17) is 16.3 Å². The molecular weight excluding hydrogens is 370 g/mol. The van der Waals surface area contributed by atoms with E-state index in [-0.39, 0.29) is 28.3 Å². The summed E-state index contributed by atoms with van der Waals surface area (Å²) in [5.74, 6) is 0.402. The number of carbonyl (C=O) groups excluding carboxylic acids is 1. The van der Waals surface area contributed by atoms with E-state index in [0.29, 0.717) is 13.1 Å². The Balaban J connectivity index is 1.76. The van der Waals surface area contributed by atoms with Crippen LogP contribution in [0.1, 0.15) is 17.3 Å². The van der Waals surface area contributed by atoms with Crippen LogP contribution in [-0.4, -0.2) is 48.5 Å². The number of rotatable bonds is 5. The highest BCUT2D eigenvalue weighted by Crippen LogP contribution is 2.33. The van der Waals surface area contributed by atoms with Gasteiger partial charge in [0.1, 0.15) is 11.9 Å². The molecule has 0 fully saturated rings. The molecule has 3 rings (SSSR count). The minimum Gasteiger partial charge on any atom is -0.485 e. The summed E-state index contributed by atoms with van der Waals surface area (Å²) in [5.41, 5.74) is 0.972. The number of amides is 1. The molecule has 8 heteroatoms. The molecule has 0 aliphatic carbocycles. The number of hydrogen-bond donors (Lipinski definition) is 0. The molecule has 1 amide bonds. The SMILES string of the molecule is CCN1C[C@@H](CN(C)C(=O)c2cc([N+](=O)[O-])ccc2Cl)Oc2ccccc21. The Morgan fingerprint density at radius 1 is 1.37 bits per heavy atom. The van der Waals surface area contributed by atoms with E-state index < -0.39 is 4.92 Å². The van der Waals surface area contributed by atoms with Gasteiger partial charge in [-0.25, -0.2) is 0 Å². The Labute approximate surface area is 162 Å². The quantitative estimate of drug-likeness (QED) is 0.576. The zero-order valence-corrected chi connectivity index (χ0v) is 15.8.